The molecule has 1 aromatic heterocycles. The van der Waals surface area contributed by atoms with Crippen molar-refractivity contribution in [2.45, 2.75) is 46.7 Å². The van der Waals surface area contributed by atoms with Crippen LogP contribution in [0.25, 0.3) is 0 Å². The third kappa shape index (κ3) is 6.20. The highest BCUT2D eigenvalue weighted by Crippen LogP contribution is 2.17. The molecule has 0 bridgehead atoms. The molecule has 1 aromatic carbocycles. The van der Waals surface area contributed by atoms with Crippen molar-refractivity contribution in [1.29, 1.82) is 0 Å². The van der Waals surface area contributed by atoms with E-state index in [0.717, 1.165) is 17.0 Å². The van der Waals surface area contributed by atoms with Crippen LogP contribution in [0.5, 0.6) is 0 Å². The number of carbonyl (C=O) groups is 3. The van der Waals surface area contributed by atoms with E-state index in [2.05, 4.69) is 10.6 Å². The summed E-state index contributed by atoms with van der Waals surface area (Å²) in [6.07, 6.45) is 0.329. The Morgan fingerprint density at radius 3 is 2.34 bits per heavy atom. The number of aryl methyl sites for hydroxylation is 1. The third-order valence-corrected chi connectivity index (χ3v) is 4.75. The highest BCUT2D eigenvalue weighted by molar-refractivity contribution is 5.98. The van der Waals surface area contributed by atoms with Gasteiger partial charge in [-0.2, -0.15) is 0 Å². The predicted octanol–water partition coefficient (Wildman–Crippen LogP) is 2.50. The summed E-state index contributed by atoms with van der Waals surface area (Å²) in [4.78, 5) is 35.9. The molecule has 0 saturated carbocycles. The van der Waals surface area contributed by atoms with Gasteiger partial charge in [-0.25, -0.2) is 4.79 Å². The van der Waals surface area contributed by atoms with Gasteiger partial charge < -0.3 is 20.3 Å². The number of nitrogens with one attached hydrogen (secondary N) is 2. The number of hydrogen-bond donors (Lipinski definition) is 3. The van der Waals surface area contributed by atoms with Crippen LogP contribution in [0.3, 0.4) is 0 Å². The van der Waals surface area contributed by atoms with Crippen molar-refractivity contribution in [2.75, 3.05) is 6.54 Å². The van der Waals surface area contributed by atoms with E-state index in [1.54, 1.807) is 6.07 Å². The zero-order valence-corrected chi connectivity index (χ0v) is 17.4. The van der Waals surface area contributed by atoms with E-state index in [0.29, 0.717) is 18.5 Å². The quantitative estimate of drug-likeness (QED) is 0.603. The van der Waals surface area contributed by atoms with Gasteiger partial charge in [-0.1, -0.05) is 44.2 Å². The molecule has 0 fully saturated rings. The average Bonchev–Trinajstić information content (AvgIpc) is 2.94. The summed E-state index contributed by atoms with van der Waals surface area (Å²) in [6, 6.07) is 10.8. The average molecular weight is 399 g/mol. The molecule has 1 atom stereocenters. The summed E-state index contributed by atoms with van der Waals surface area (Å²) in [5.41, 5.74) is 3.39. The molecular formula is C22H29N3O4. The van der Waals surface area contributed by atoms with Crippen LogP contribution in [-0.2, 0) is 16.1 Å². The Morgan fingerprint density at radius 1 is 1.10 bits per heavy atom. The molecule has 156 valence electrons. The lowest BCUT2D eigenvalue weighted by atomic mass is 10.0. The van der Waals surface area contributed by atoms with Gasteiger partial charge >= 0.3 is 5.97 Å². The molecule has 29 heavy (non-hydrogen) atoms. The first-order valence-corrected chi connectivity index (χ1v) is 9.70. The second-order valence-electron chi connectivity index (χ2n) is 7.63. The Kier molecular flexibility index (Phi) is 7.59. The first-order chi connectivity index (χ1) is 13.7. The molecule has 0 unspecified atom stereocenters. The molecule has 0 radical (unpaired) electrons. The van der Waals surface area contributed by atoms with E-state index in [4.69, 9.17) is 0 Å². The Morgan fingerprint density at radius 2 is 1.76 bits per heavy atom. The van der Waals surface area contributed by atoms with E-state index in [9.17, 15) is 19.5 Å². The monoisotopic (exact) mass is 399 g/mol. The van der Waals surface area contributed by atoms with Crippen molar-refractivity contribution in [3.8, 4) is 0 Å². The second kappa shape index (κ2) is 9.91. The number of amides is 2. The third-order valence-electron chi connectivity index (χ3n) is 4.75. The Labute approximate surface area is 171 Å². The molecule has 0 aliphatic heterocycles. The van der Waals surface area contributed by atoms with Crippen molar-refractivity contribution in [1.82, 2.24) is 15.2 Å². The molecule has 2 aromatic rings. The largest absolute Gasteiger partial charge is 0.480 e. The van der Waals surface area contributed by atoms with Crippen LogP contribution in [0, 0.1) is 19.8 Å². The number of hydrogen-bond acceptors (Lipinski definition) is 3. The van der Waals surface area contributed by atoms with Crippen molar-refractivity contribution in [3.63, 3.8) is 0 Å². The SMILES string of the molecule is Cc1cc(C(=O)NCC(=O)N[C@@H](CC(C)C)C(=O)O)c(C)n1Cc1ccccc1. The van der Waals surface area contributed by atoms with Gasteiger partial charge in [-0.05, 0) is 37.8 Å². The fourth-order valence-corrected chi connectivity index (χ4v) is 3.23. The molecule has 0 saturated heterocycles. The van der Waals surface area contributed by atoms with Gasteiger partial charge in [-0.15, -0.1) is 0 Å². The molecule has 0 aliphatic rings. The lowest BCUT2D eigenvalue weighted by molar-refractivity contribution is -0.142. The lowest BCUT2D eigenvalue weighted by Crippen LogP contribution is -2.46. The predicted molar refractivity (Wildman–Crippen MR) is 111 cm³/mol. The summed E-state index contributed by atoms with van der Waals surface area (Å²) in [7, 11) is 0. The van der Waals surface area contributed by atoms with Crippen LogP contribution in [-0.4, -0.2) is 40.0 Å². The zero-order valence-electron chi connectivity index (χ0n) is 17.4. The number of carboxylic acids is 1. The van der Waals surface area contributed by atoms with Crippen LogP contribution in [0.15, 0.2) is 36.4 Å². The molecule has 3 N–H and O–H groups in total. The lowest BCUT2D eigenvalue weighted by Gasteiger charge is -2.16. The summed E-state index contributed by atoms with van der Waals surface area (Å²) in [6.45, 7) is 7.95. The topological polar surface area (TPSA) is 100 Å². The molecular weight excluding hydrogens is 370 g/mol. The fraction of sp³-hybridized carbons (Fsp3) is 0.409. The van der Waals surface area contributed by atoms with Crippen LogP contribution < -0.4 is 10.6 Å². The van der Waals surface area contributed by atoms with E-state index >= 15 is 0 Å². The first kappa shape index (κ1) is 22.2. The van der Waals surface area contributed by atoms with Gasteiger partial charge in [0, 0.05) is 17.9 Å². The van der Waals surface area contributed by atoms with Crippen LogP contribution in [0.4, 0.5) is 0 Å². The van der Waals surface area contributed by atoms with Crippen LogP contribution >= 0.6 is 0 Å². The zero-order chi connectivity index (χ0) is 21.6. The summed E-state index contributed by atoms with van der Waals surface area (Å²) in [5.74, 6) is -1.84. The Hall–Kier alpha value is -3.09. The molecule has 0 aliphatic carbocycles. The maximum absolute atomic E-state index is 12.6. The minimum absolute atomic E-state index is 0.126. The van der Waals surface area contributed by atoms with E-state index < -0.39 is 17.9 Å². The number of carbonyl (C=O) groups excluding carboxylic acids is 2. The standard InChI is InChI=1S/C22H29N3O4/c1-14(2)10-19(22(28)29)24-20(26)12-23-21(27)18-11-15(3)25(16(18)4)13-17-8-6-5-7-9-17/h5-9,11,14,19H,10,12-13H2,1-4H3,(H,23,27)(H,24,26)(H,28,29)/t19-/m0/s1. The number of carboxylic acid groups (broad SMARTS) is 1. The van der Waals surface area contributed by atoms with Gasteiger partial charge in [0.1, 0.15) is 6.04 Å². The van der Waals surface area contributed by atoms with Crippen LogP contribution in [0.1, 0.15) is 47.6 Å². The highest BCUT2D eigenvalue weighted by atomic mass is 16.4. The highest BCUT2D eigenvalue weighted by Gasteiger charge is 2.22. The van der Waals surface area contributed by atoms with Crippen LogP contribution in [0.2, 0.25) is 0 Å². The molecule has 2 rings (SSSR count). The molecule has 1 heterocycles. The van der Waals surface area contributed by atoms with Crippen molar-refractivity contribution < 1.29 is 19.5 Å². The number of nitrogens with zero attached hydrogens (tertiary/aromatic N) is 1. The van der Waals surface area contributed by atoms with Gasteiger partial charge in [0.15, 0.2) is 0 Å². The Bertz CT molecular complexity index is 872. The molecule has 7 nitrogen and oxygen atoms in total. The number of aromatic nitrogens is 1. The first-order valence-electron chi connectivity index (χ1n) is 9.70. The van der Waals surface area contributed by atoms with Gasteiger partial charge in [0.2, 0.25) is 5.91 Å². The number of benzene rings is 1. The minimum atomic E-state index is -1.08. The minimum Gasteiger partial charge on any atom is -0.480 e. The van der Waals surface area contributed by atoms with Gasteiger partial charge in [0.05, 0.1) is 12.1 Å². The second-order valence-corrected chi connectivity index (χ2v) is 7.63. The van der Waals surface area contributed by atoms with Gasteiger partial charge in [-0.3, -0.25) is 9.59 Å². The fourth-order valence-electron chi connectivity index (χ4n) is 3.23. The number of rotatable bonds is 9. The van der Waals surface area contributed by atoms with Crippen molar-refractivity contribution in [3.05, 3.63) is 58.9 Å². The van der Waals surface area contributed by atoms with E-state index in [1.165, 1.54) is 0 Å². The smallest absolute Gasteiger partial charge is 0.326 e. The summed E-state index contributed by atoms with van der Waals surface area (Å²) in [5, 5.41) is 14.3. The number of aliphatic carboxylic acids is 1. The molecule has 2 amide bonds. The van der Waals surface area contributed by atoms with E-state index in [1.807, 2.05) is 62.6 Å². The Balaban J connectivity index is 1.99. The maximum Gasteiger partial charge on any atom is 0.326 e. The summed E-state index contributed by atoms with van der Waals surface area (Å²) < 4.78 is 2.05. The van der Waals surface area contributed by atoms with E-state index in [-0.39, 0.29) is 18.4 Å². The summed E-state index contributed by atoms with van der Waals surface area (Å²) >= 11 is 0. The van der Waals surface area contributed by atoms with Crippen molar-refractivity contribution >= 4 is 17.8 Å². The molecule has 0 spiro atoms. The van der Waals surface area contributed by atoms with Gasteiger partial charge in [0.25, 0.3) is 5.91 Å². The molecule has 7 heteroatoms. The van der Waals surface area contributed by atoms with Crippen molar-refractivity contribution in [2.24, 2.45) is 5.92 Å². The normalized spacial score (nSPS) is 11.9. The maximum atomic E-state index is 12.6.